The number of carbonyl (C=O) groups is 1. The molecule has 0 saturated heterocycles. The van der Waals surface area contributed by atoms with Crippen molar-refractivity contribution in [2.24, 2.45) is 0 Å². The number of halogens is 2. The van der Waals surface area contributed by atoms with Gasteiger partial charge in [0.2, 0.25) is 5.91 Å². The Hall–Kier alpha value is -0.290. The first-order valence-corrected chi connectivity index (χ1v) is 8.84. The van der Waals surface area contributed by atoms with Crippen molar-refractivity contribution in [3.8, 4) is 0 Å². The van der Waals surface area contributed by atoms with Crippen LogP contribution in [0, 0.1) is 3.57 Å². The maximum Gasteiger partial charge on any atom is 0.224 e. The number of unbranched alkanes of at least 4 members (excludes halogenated alkanes) is 6. The second kappa shape index (κ2) is 10.4. The van der Waals surface area contributed by atoms with E-state index in [1.54, 1.807) is 6.07 Å². The molecule has 1 aromatic rings. The molecular weight excluding hydrogens is 385 g/mol. The molecular formula is C16H23ClINO. The first-order valence-electron chi connectivity index (χ1n) is 7.38. The van der Waals surface area contributed by atoms with Crippen molar-refractivity contribution in [3.63, 3.8) is 0 Å². The summed E-state index contributed by atoms with van der Waals surface area (Å²) >= 11 is 8.07. The molecule has 1 amide bonds. The smallest absolute Gasteiger partial charge is 0.224 e. The topological polar surface area (TPSA) is 29.1 Å². The van der Waals surface area contributed by atoms with Gasteiger partial charge >= 0.3 is 0 Å². The van der Waals surface area contributed by atoms with Crippen molar-refractivity contribution in [1.29, 1.82) is 0 Å². The maximum absolute atomic E-state index is 11.8. The number of rotatable bonds is 9. The number of hydrogen-bond donors (Lipinski definition) is 1. The molecule has 0 aliphatic heterocycles. The Morgan fingerprint density at radius 1 is 1.15 bits per heavy atom. The summed E-state index contributed by atoms with van der Waals surface area (Å²) in [7, 11) is 0. The molecule has 0 aliphatic rings. The molecule has 20 heavy (non-hydrogen) atoms. The molecule has 0 bridgehead atoms. The Morgan fingerprint density at radius 2 is 1.80 bits per heavy atom. The second-order valence-electron chi connectivity index (χ2n) is 5.04. The Bertz CT molecular complexity index is 423. The summed E-state index contributed by atoms with van der Waals surface area (Å²) < 4.78 is 0.975. The predicted octanol–water partition coefficient (Wildman–Crippen LogP) is 6.02. The Balaban J connectivity index is 2.17. The van der Waals surface area contributed by atoms with Crippen LogP contribution in [0.1, 0.15) is 58.3 Å². The van der Waals surface area contributed by atoms with E-state index in [9.17, 15) is 4.79 Å². The lowest BCUT2D eigenvalue weighted by atomic mass is 10.1. The third-order valence-corrected chi connectivity index (χ3v) is 4.34. The highest BCUT2D eigenvalue weighted by molar-refractivity contribution is 14.1. The van der Waals surface area contributed by atoms with Crippen LogP contribution in [0.4, 0.5) is 5.69 Å². The number of benzene rings is 1. The average Bonchev–Trinajstić information content (AvgIpc) is 2.41. The van der Waals surface area contributed by atoms with E-state index in [1.807, 2.05) is 12.1 Å². The first kappa shape index (κ1) is 17.8. The van der Waals surface area contributed by atoms with Gasteiger partial charge in [0.25, 0.3) is 0 Å². The van der Waals surface area contributed by atoms with Gasteiger partial charge in [-0.25, -0.2) is 0 Å². The standard InChI is InChI=1S/C16H23ClINO/c1-2-3-4-5-6-7-8-9-16(20)19-15-11-10-13(17)12-14(15)18/h10-12H,2-9H2,1H3,(H,19,20). The number of carbonyl (C=O) groups excluding carboxylic acids is 1. The van der Waals surface area contributed by atoms with Crippen LogP contribution in [0.2, 0.25) is 5.02 Å². The van der Waals surface area contributed by atoms with Crippen molar-refractivity contribution in [2.45, 2.75) is 58.3 Å². The van der Waals surface area contributed by atoms with Gasteiger partial charge in [-0.3, -0.25) is 4.79 Å². The second-order valence-corrected chi connectivity index (χ2v) is 6.64. The van der Waals surface area contributed by atoms with Crippen molar-refractivity contribution in [2.75, 3.05) is 5.32 Å². The van der Waals surface area contributed by atoms with Crippen LogP contribution in [0.5, 0.6) is 0 Å². The molecule has 112 valence electrons. The first-order chi connectivity index (χ1) is 9.63. The SMILES string of the molecule is CCCCCCCCCC(=O)Nc1ccc(Cl)cc1I. The van der Waals surface area contributed by atoms with Crippen LogP contribution in [-0.2, 0) is 4.79 Å². The highest BCUT2D eigenvalue weighted by Gasteiger charge is 2.05. The molecule has 0 radical (unpaired) electrons. The van der Waals surface area contributed by atoms with Gasteiger partial charge in [-0.2, -0.15) is 0 Å². The number of anilines is 1. The molecule has 0 heterocycles. The van der Waals surface area contributed by atoms with Crippen molar-refractivity contribution in [1.82, 2.24) is 0 Å². The van der Waals surface area contributed by atoms with Gasteiger partial charge in [0.05, 0.1) is 5.69 Å². The summed E-state index contributed by atoms with van der Waals surface area (Å²) in [5.41, 5.74) is 0.850. The fourth-order valence-electron chi connectivity index (χ4n) is 2.05. The summed E-state index contributed by atoms with van der Waals surface area (Å²) in [4.78, 5) is 11.8. The molecule has 0 atom stereocenters. The number of nitrogens with one attached hydrogen (secondary N) is 1. The Kier molecular flexibility index (Phi) is 9.27. The highest BCUT2D eigenvalue weighted by atomic mass is 127. The molecule has 0 aliphatic carbocycles. The zero-order chi connectivity index (χ0) is 14.8. The Labute approximate surface area is 140 Å². The van der Waals surface area contributed by atoms with E-state index in [0.717, 1.165) is 22.1 Å². The quantitative estimate of drug-likeness (QED) is 0.393. The summed E-state index contributed by atoms with van der Waals surface area (Å²) in [5, 5.41) is 3.64. The van der Waals surface area contributed by atoms with E-state index in [-0.39, 0.29) is 5.91 Å². The molecule has 0 aromatic heterocycles. The van der Waals surface area contributed by atoms with Crippen LogP contribution in [0.15, 0.2) is 18.2 Å². The maximum atomic E-state index is 11.8. The monoisotopic (exact) mass is 407 g/mol. The van der Waals surface area contributed by atoms with Crippen LogP contribution in [0.3, 0.4) is 0 Å². The molecule has 1 aromatic carbocycles. The van der Waals surface area contributed by atoms with E-state index in [2.05, 4.69) is 34.8 Å². The van der Waals surface area contributed by atoms with Crippen molar-refractivity contribution in [3.05, 3.63) is 26.8 Å². The third-order valence-electron chi connectivity index (χ3n) is 3.21. The zero-order valence-electron chi connectivity index (χ0n) is 12.1. The third kappa shape index (κ3) is 7.48. The van der Waals surface area contributed by atoms with Gasteiger partial charge < -0.3 is 5.32 Å². The van der Waals surface area contributed by atoms with Crippen molar-refractivity contribution < 1.29 is 4.79 Å². The highest BCUT2D eigenvalue weighted by Crippen LogP contribution is 2.22. The number of hydrogen-bond acceptors (Lipinski definition) is 1. The summed E-state index contributed by atoms with van der Waals surface area (Å²) in [6, 6.07) is 5.51. The lowest BCUT2D eigenvalue weighted by Crippen LogP contribution is -2.12. The molecule has 2 nitrogen and oxygen atoms in total. The van der Waals surface area contributed by atoms with Crippen molar-refractivity contribution >= 4 is 45.8 Å². The van der Waals surface area contributed by atoms with E-state index < -0.39 is 0 Å². The van der Waals surface area contributed by atoms with Crippen LogP contribution in [-0.4, -0.2) is 5.91 Å². The Morgan fingerprint density at radius 3 is 2.45 bits per heavy atom. The fraction of sp³-hybridized carbons (Fsp3) is 0.562. The summed E-state index contributed by atoms with van der Waals surface area (Å²) in [6.07, 6.45) is 9.20. The minimum absolute atomic E-state index is 0.0961. The molecule has 0 fully saturated rings. The molecule has 0 saturated carbocycles. The normalized spacial score (nSPS) is 10.6. The molecule has 1 rings (SSSR count). The van der Waals surface area contributed by atoms with Crippen LogP contribution in [0.25, 0.3) is 0 Å². The van der Waals surface area contributed by atoms with Crippen LogP contribution < -0.4 is 5.32 Å². The predicted molar refractivity (Wildman–Crippen MR) is 95.4 cm³/mol. The summed E-state index contributed by atoms with van der Waals surface area (Å²) in [5.74, 6) is 0.0961. The van der Waals surface area contributed by atoms with Crippen LogP contribution >= 0.6 is 34.2 Å². The van der Waals surface area contributed by atoms with Gasteiger partial charge in [0.1, 0.15) is 0 Å². The minimum Gasteiger partial charge on any atom is -0.325 e. The summed E-state index contributed by atoms with van der Waals surface area (Å²) in [6.45, 7) is 2.22. The molecule has 4 heteroatoms. The molecule has 0 unspecified atom stereocenters. The van der Waals surface area contributed by atoms with E-state index >= 15 is 0 Å². The van der Waals surface area contributed by atoms with E-state index in [1.165, 1.54) is 32.1 Å². The van der Waals surface area contributed by atoms with Gasteiger partial charge in [-0.1, -0.05) is 57.0 Å². The van der Waals surface area contributed by atoms with Gasteiger partial charge in [-0.05, 0) is 47.2 Å². The molecule has 0 spiro atoms. The van der Waals surface area contributed by atoms with E-state index in [0.29, 0.717) is 11.4 Å². The lowest BCUT2D eigenvalue weighted by Gasteiger charge is -2.07. The number of amides is 1. The van der Waals surface area contributed by atoms with E-state index in [4.69, 9.17) is 11.6 Å². The fourth-order valence-corrected chi connectivity index (χ4v) is 3.05. The molecule has 1 N–H and O–H groups in total. The average molecular weight is 408 g/mol. The largest absolute Gasteiger partial charge is 0.325 e. The van der Waals surface area contributed by atoms with Gasteiger partial charge in [0, 0.05) is 15.0 Å². The lowest BCUT2D eigenvalue weighted by molar-refractivity contribution is -0.116. The van der Waals surface area contributed by atoms with Gasteiger partial charge in [0.15, 0.2) is 0 Å². The zero-order valence-corrected chi connectivity index (χ0v) is 15.0. The minimum atomic E-state index is 0.0961. The van der Waals surface area contributed by atoms with Gasteiger partial charge in [-0.15, -0.1) is 0 Å².